The minimum atomic E-state index is -0.248. The van der Waals surface area contributed by atoms with Gasteiger partial charge in [0.1, 0.15) is 0 Å². The van der Waals surface area contributed by atoms with Gasteiger partial charge in [-0.3, -0.25) is 14.9 Å². The quantitative estimate of drug-likeness (QED) is 0.764. The summed E-state index contributed by atoms with van der Waals surface area (Å²) in [6, 6.07) is 15.4. The number of imidazole rings is 1. The molecule has 0 fully saturated rings. The van der Waals surface area contributed by atoms with Crippen molar-refractivity contribution in [2.75, 3.05) is 11.9 Å². The predicted octanol–water partition coefficient (Wildman–Crippen LogP) is 3.04. The Balaban J connectivity index is 1.55. The summed E-state index contributed by atoms with van der Waals surface area (Å²) in [4.78, 5) is 33.9. The molecule has 0 radical (unpaired) electrons. The maximum atomic E-state index is 12.6. The number of amides is 2. The highest BCUT2D eigenvalue weighted by Gasteiger charge is 2.30. The second-order valence-corrected chi connectivity index (χ2v) is 6.53. The van der Waals surface area contributed by atoms with Crippen LogP contribution >= 0.6 is 0 Å². The minimum absolute atomic E-state index is 0.0129. The highest BCUT2D eigenvalue weighted by atomic mass is 16.2. The van der Waals surface area contributed by atoms with Crippen molar-refractivity contribution in [2.45, 2.75) is 25.8 Å². The van der Waals surface area contributed by atoms with Crippen LogP contribution in [-0.2, 0) is 16.0 Å². The van der Waals surface area contributed by atoms with Crippen LogP contribution in [0.5, 0.6) is 0 Å². The summed E-state index contributed by atoms with van der Waals surface area (Å²) in [5.74, 6) is 0.243. The maximum Gasteiger partial charge on any atom is 0.229 e. The van der Waals surface area contributed by atoms with Gasteiger partial charge < -0.3 is 9.88 Å². The Labute approximate surface area is 151 Å². The van der Waals surface area contributed by atoms with Crippen LogP contribution in [0.15, 0.2) is 48.5 Å². The second kappa shape index (κ2) is 6.63. The summed E-state index contributed by atoms with van der Waals surface area (Å²) < 4.78 is 0. The molecule has 2 N–H and O–H groups in total. The Bertz CT molecular complexity index is 946. The van der Waals surface area contributed by atoms with Crippen LogP contribution in [0.2, 0.25) is 0 Å². The zero-order chi connectivity index (χ0) is 18.1. The smallest absolute Gasteiger partial charge is 0.229 e. The first-order valence-corrected chi connectivity index (χ1v) is 8.71. The molecule has 4 rings (SSSR count). The first-order chi connectivity index (χ1) is 12.6. The highest BCUT2D eigenvalue weighted by molar-refractivity contribution is 5.92. The van der Waals surface area contributed by atoms with E-state index in [0.717, 1.165) is 23.0 Å². The Morgan fingerprint density at radius 1 is 1.19 bits per heavy atom. The molecule has 1 aromatic heterocycles. The van der Waals surface area contributed by atoms with E-state index in [2.05, 4.69) is 21.4 Å². The lowest BCUT2D eigenvalue weighted by Crippen LogP contribution is -2.40. The van der Waals surface area contributed by atoms with Crippen LogP contribution in [0.1, 0.15) is 30.5 Å². The number of H-pyrrole nitrogens is 1. The number of aromatic nitrogens is 2. The van der Waals surface area contributed by atoms with Gasteiger partial charge in [0.05, 0.1) is 23.5 Å². The molecule has 1 atom stereocenters. The molecule has 1 aliphatic rings. The number of rotatable bonds is 3. The SMILES string of the molecule is CC(=O)N1CCc2ccccc2C1CC(=O)Nc1nc2ccccc2[nH]1. The number of fused-ring (bicyclic) bond motifs is 2. The number of aromatic amines is 1. The van der Waals surface area contributed by atoms with Crippen molar-refractivity contribution in [2.24, 2.45) is 0 Å². The highest BCUT2D eigenvalue weighted by Crippen LogP contribution is 2.32. The zero-order valence-electron chi connectivity index (χ0n) is 14.5. The van der Waals surface area contributed by atoms with Gasteiger partial charge in [0, 0.05) is 13.5 Å². The number of hydrogen-bond donors (Lipinski definition) is 2. The number of carbonyl (C=O) groups excluding carboxylic acids is 2. The molecule has 2 amide bonds. The average molecular weight is 348 g/mol. The molecule has 2 aromatic carbocycles. The summed E-state index contributed by atoms with van der Waals surface area (Å²) in [5.41, 5.74) is 3.92. The maximum absolute atomic E-state index is 12.6. The van der Waals surface area contributed by atoms with E-state index in [1.807, 2.05) is 42.5 Å². The molecule has 0 spiro atoms. The van der Waals surface area contributed by atoms with E-state index in [1.54, 1.807) is 11.8 Å². The molecule has 132 valence electrons. The van der Waals surface area contributed by atoms with E-state index in [0.29, 0.717) is 12.5 Å². The predicted molar refractivity (Wildman–Crippen MR) is 99.6 cm³/mol. The van der Waals surface area contributed by atoms with Gasteiger partial charge in [-0.25, -0.2) is 4.98 Å². The fourth-order valence-corrected chi connectivity index (χ4v) is 3.62. The van der Waals surface area contributed by atoms with E-state index in [4.69, 9.17) is 0 Å². The van der Waals surface area contributed by atoms with Crippen molar-refractivity contribution in [3.63, 3.8) is 0 Å². The first-order valence-electron chi connectivity index (χ1n) is 8.71. The molecule has 6 nitrogen and oxygen atoms in total. The summed E-state index contributed by atoms with van der Waals surface area (Å²) in [7, 11) is 0. The summed E-state index contributed by atoms with van der Waals surface area (Å²) in [5, 5.41) is 2.83. The average Bonchev–Trinajstić information content (AvgIpc) is 3.03. The standard InChI is InChI=1S/C20H20N4O2/c1-13(25)24-11-10-14-6-2-3-7-15(14)18(24)12-19(26)23-20-21-16-8-4-5-9-17(16)22-20/h2-9,18H,10-12H2,1H3,(H2,21,22,23,26). The van der Waals surface area contributed by atoms with Crippen molar-refractivity contribution in [3.8, 4) is 0 Å². The van der Waals surface area contributed by atoms with Crippen molar-refractivity contribution in [1.29, 1.82) is 0 Å². The Hall–Kier alpha value is -3.15. The van der Waals surface area contributed by atoms with E-state index in [-0.39, 0.29) is 24.3 Å². The van der Waals surface area contributed by atoms with Gasteiger partial charge in [0.15, 0.2) is 0 Å². The third kappa shape index (κ3) is 3.06. The van der Waals surface area contributed by atoms with Gasteiger partial charge in [-0.15, -0.1) is 0 Å². The summed E-state index contributed by atoms with van der Waals surface area (Å²) >= 11 is 0. The monoisotopic (exact) mass is 348 g/mol. The second-order valence-electron chi connectivity index (χ2n) is 6.53. The van der Waals surface area contributed by atoms with E-state index in [1.165, 1.54) is 5.56 Å². The van der Waals surface area contributed by atoms with Crippen LogP contribution in [0.25, 0.3) is 11.0 Å². The number of anilines is 1. The van der Waals surface area contributed by atoms with Gasteiger partial charge in [-0.05, 0) is 29.7 Å². The number of carbonyl (C=O) groups is 2. The lowest BCUT2D eigenvalue weighted by molar-refractivity contribution is -0.132. The third-order valence-electron chi connectivity index (χ3n) is 4.84. The molecule has 2 heterocycles. The van der Waals surface area contributed by atoms with Crippen LogP contribution in [0.4, 0.5) is 5.95 Å². The number of para-hydroxylation sites is 2. The minimum Gasteiger partial charge on any atom is -0.335 e. The molecule has 0 aliphatic carbocycles. The molecular weight excluding hydrogens is 328 g/mol. The lowest BCUT2D eigenvalue weighted by Gasteiger charge is -2.36. The molecule has 0 saturated heterocycles. The van der Waals surface area contributed by atoms with Gasteiger partial charge in [-0.2, -0.15) is 0 Å². The molecule has 26 heavy (non-hydrogen) atoms. The zero-order valence-corrected chi connectivity index (χ0v) is 14.5. The molecule has 1 unspecified atom stereocenters. The molecule has 0 saturated carbocycles. The number of nitrogens with zero attached hydrogens (tertiary/aromatic N) is 2. The lowest BCUT2D eigenvalue weighted by atomic mass is 9.90. The normalized spacial score (nSPS) is 16.3. The molecule has 1 aliphatic heterocycles. The fraction of sp³-hybridized carbons (Fsp3) is 0.250. The Morgan fingerprint density at radius 2 is 1.96 bits per heavy atom. The third-order valence-corrected chi connectivity index (χ3v) is 4.84. The number of benzene rings is 2. The summed E-state index contributed by atoms with van der Waals surface area (Å²) in [6.07, 6.45) is 1.02. The molecular formula is C20H20N4O2. The first kappa shape index (κ1) is 16.3. The van der Waals surface area contributed by atoms with Gasteiger partial charge in [0.2, 0.25) is 17.8 Å². The van der Waals surface area contributed by atoms with Crippen molar-refractivity contribution >= 4 is 28.8 Å². The van der Waals surface area contributed by atoms with Crippen LogP contribution in [-0.4, -0.2) is 33.2 Å². The topological polar surface area (TPSA) is 78.1 Å². The number of nitrogens with one attached hydrogen (secondary N) is 2. The Kier molecular flexibility index (Phi) is 4.16. The van der Waals surface area contributed by atoms with E-state index in [9.17, 15) is 9.59 Å². The van der Waals surface area contributed by atoms with Crippen LogP contribution in [0.3, 0.4) is 0 Å². The van der Waals surface area contributed by atoms with Crippen molar-refractivity contribution in [3.05, 3.63) is 59.7 Å². The van der Waals surface area contributed by atoms with Gasteiger partial charge in [-0.1, -0.05) is 36.4 Å². The van der Waals surface area contributed by atoms with E-state index < -0.39 is 0 Å². The Morgan fingerprint density at radius 3 is 2.77 bits per heavy atom. The molecule has 0 bridgehead atoms. The largest absolute Gasteiger partial charge is 0.335 e. The fourth-order valence-electron chi connectivity index (χ4n) is 3.62. The molecule has 6 heteroatoms. The number of hydrogen-bond acceptors (Lipinski definition) is 3. The van der Waals surface area contributed by atoms with Crippen LogP contribution in [0, 0.1) is 0 Å². The summed E-state index contributed by atoms with van der Waals surface area (Å²) in [6.45, 7) is 2.19. The van der Waals surface area contributed by atoms with Crippen molar-refractivity contribution in [1.82, 2.24) is 14.9 Å². The van der Waals surface area contributed by atoms with Gasteiger partial charge in [0.25, 0.3) is 0 Å². The molecule has 3 aromatic rings. The van der Waals surface area contributed by atoms with Gasteiger partial charge >= 0.3 is 0 Å². The van der Waals surface area contributed by atoms with Crippen LogP contribution < -0.4 is 5.32 Å². The van der Waals surface area contributed by atoms with E-state index >= 15 is 0 Å². The van der Waals surface area contributed by atoms with Crippen molar-refractivity contribution < 1.29 is 9.59 Å².